The minimum atomic E-state index is -0.700. The molecule has 31 heavy (non-hydrogen) atoms. The summed E-state index contributed by atoms with van der Waals surface area (Å²) in [6, 6.07) is 6.84. The van der Waals surface area contributed by atoms with Crippen LogP contribution in [0.3, 0.4) is 0 Å². The van der Waals surface area contributed by atoms with Gasteiger partial charge >= 0.3 is 0 Å². The lowest BCUT2D eigenvalue weighted by molar-refractivity contribution is -0.0754. The van der Waals surface area contributed by atoms with Gasteiger partial charge in [-0.25, -0.2) is 14.6 Å². The fraction of sp³-hybridized carbons (Fsp3) is 0.522. The molecule has 8 nitrogen and oxygen atoms in total. The zero-order chi connectivity index (χ0) is 21.4. The van der Waals surface area contributed by atoms with Gasteiger partial charge in [-0.15, -0.1) is 0 Å². The number of anilines is 1. The van der Waals surface area contributed by atoms with Crippen molar-refractivity contribution >= 4 is 16.7 Å². The maximum atomic E-state index is 10.6. The molecule has 158 valence electrons. The van der Waals surface area contributed by atoms with Gasteiger partial charge in [-0.1, -0.05) is 0 Å². The van der Waals surface area contributed by atoms with Crippen molar-refractivity contribution in [3.63, 3.8) is 0 Å². The molecule has 4 fully saturated rings. The largest absolute Gasteiger partial charge is 0.390 e. The van der Waals surface area contributed by atoms with Gasteiger partial charge in [-0.2, -0.15) is 10.4 Å². The van der Waals surface area contributed by atoms with Crippen LogP contribution in [0.4, 0.5) is 5.82 Å². The van der Waals surface area contributed by atoms with Gasteiger partial charge in [0.2, 0.25) is 0 Å². The van der Waals surface area contributed by atoms with Crippen molar-refractivity contribution in [3.8, 4) is 11.9 Å². The number of hydrogen-bond donors (Lipinski definition) is 1. The van der Waals surface area contributed by atoms with Crippen LogP contribution < -0.4 is 4.90 Å². The second-order valence-electron chi connectivity index (χ2n) is 10.00. The monoisotopic (exact) mass is 415 g/mol. The summed E-state index contributed by atoms with van der Waals surface area (Å²) in [6.45, 7) is 4.63. The maximum Gasteiger partial charge on any atom is 0.159 e. The predicted molar refractivity (Wildman–Crippen MR) is 115 cm³/mol. The van der Waals surface area contributed by atoms with Crippen LogP contribution in [0.5, 0.6) is 0 Å². The lowest BCUT2D eigenvalue weighted by Gasteiger charge is -2.45. The number of aromatic nitrogens is 5. The third-order valence-electron chi connectivity index (χ3n) is 7.98. The van der Waals surface area contributed by atoms with Gasteiger partial charge in [0.15, 0.2) is 5.82 Å². The summed E-state index contributed by atoms with van der Waals surface area (Å²) in [5.74, 6) is 1.56. The summed E-state index contributed by atoms with van der Waals surface area (Å²) in [7, 11) is 0. The second-order valence-corrected chi connectivity index (χ2v) is 10.00. The van der Waals surface area contributed by atoms with E-state index in [9.17, 15) is 10.4 Å². The highest BCUT2D eigenvalue weighted by Gasteiger charge is 2.62. The van der Waals surface area contributed by atoms with E-state index in [0.29, 0.717) is 11.9 Å². The fourth-order valence-corrected chi connectivity index (χ4v) is 5.54. The first-order valence-corrected chi connectivity index (χ1v) is 10.9. The van der Waals surface area contributed by atoms with Crippen molar-refractivity contribution in [2.75, 3.05) is 11.4 Å². The van der Waals surface area contributed by atoms with Gasteiger partial charge in [0, 0.05) is 35.7 Å². The van der Waals surface area contributed by atoms with Crippen LogP contribution in [-0.4, -0.2) is 48.0 Å². The molecule has 0 atom stereocenters. The first kappa shape index (κ1) is 18.7. The highest BCUT2D eigenvalue weighted by atomic mass is 16.3. The molecule has 1 N–H and O–H groups in total. The Kier molecular flexibility index (Phi) is 3.63. The van der Waals surface area contributed by atoms with E-state index in [1.807, 2.05) is 30.7 Å². The molecule has 2 aliphatic carbocycles. The molecule has 2 saturated carbocycles. The van der Waals surface area contributed by atoms with Gasteiger partial charge in [0.25, 0.3) is 0 Å². The van der Waals surface area contributed by atoms with Crippen molar-refractivity contribution < 1.29 is 5.11 Å². The van der Waals surface area contributed by atoms with E-state index >= 15 is 0 Å². The number of pyridine rings is 1. The van der Waals surface area contributed by atoms with Crippen LogP contribution >= 0.6 is 0 Å². The van der Waals surface area contributed by atoms with E-state index in [4.69, 9.17) is 0 Å². The van der Waals surface area contributed by atoms with Gasteiger partial charge in [-0.3, -0.25) is 4.98 Å². The molecule has 2 saturated heterocycles. The summed E-state index contributed by atoms with van der Waals surface area (Å²) in [5, 5.41) is 25.8. The van der Waals surface area contributed by atoms with E-state index < -0.39 is 11.0 Å². The molecular formula is C23H25N7O. The number of hydrogen-bond acceptors (Lipinski definition) is 7. The smallest absolute Gasteiger partial charge is 0.159 e. The van der Waals surface area contributed by atoms with Crippen molar-refractivity contribution in [2.45, 2.75) is 63.0 Å². The Hall–Kier alpha value is -3.05. The van der Waals surface area contributed by atoms with E-state index in [1.54, 1.807) is 18.7 Å². The molecule has 0 amide bonds. The number of fused-ring (bicyclic) bond motifs is 2. The molecule has 0 radical (unpaired) electrons. The van der Waals surface area contributed by atoms with Crippen LogP contribution in [0.15, 0.2) is 30.9 Å². The molecule has 3 aromatic heterocycles. The number of rotatable bonds is 4. The molecule has 3 aromatic rings. The highest BCUT2D eigenvalue weighted by Crippen LogP contribution is 2.58. The predicted octanol–water partition coefficient (Wildman–Crippen LogP) is 2.90. The summed E-state index contributed by atoms with van der Waals surface area (Å²) in [6.07, 6.45) is 9.91. The van der Waals surface area contributed by atoms with Crippen LogP contribution in [0.25, 0.3) is 16.7 Å². The molecule has 4 aliphatic rings. The summed E-state index contributed by atoms with van der Waals surface area (Å²) < 4.78 is 1.81. The highest BCUT2D eigenvalue weighted by molar-refractivity contribution is 5.80. The lowest BCUT2D eigenvalue weighted by atomic mass is 9.61. The Morgan fingerprint density at radius 3 is 2.55 bits per heavy atom. The zero-order valence-electron chi connectivity index (χ0n) is 17.8. The lowest BCUT2D eigenvalue weighted by Crippen LogP contribution is -2.50. The topological polar surface area (TPSA) is 104 Å². The zero-order valence-corrected chi connectivity index (χ0v) is 17.8. The molecule has 0 spiro atoms. The number of nitrogens with zero attached hydrogens (tertiary/aromatic N) is 7. The molecule has 2 aliphatic heterocycles. The maximum absolute atomic E-state index is 10.6. The van der Waals surface area contributed by atoms with Gasteiger partial charge in [-0.05, 0) is 52.0 Å². The van der Waals surface area contributed by atoms with E-state index in [1.165, 1.54) is 0 Å². The standard InChI is InChI=1S/C23H25N7O/c1-21(2,31)23-8-16(9-23)29(13-23)19-7-20(27-14-26-19)30-17-6-18(22(12-24)4-3-5-22)25-10-15(17)11-28-30/h6-7,10-11,14,16,31H,3-5,8-9,13H2,1-2H3. The van der Waals surface area contributed by atoms with Crippen LogP contribution in [-0.2, 0) is 5.41 Å². The van der Waals surface area contributed by atoms with E-state index in [0.717, 1.165) is 61.1 Å². The molecule has 7 rings (SSSR count). The third kappa shape index (κ3) is 2.50. The van der Waals surface area contributed by atoms with Gasteiger partial charge in [0.05, 0.1) is 34.5 Å². The van der Waals surface area contributed by atoms with Crippen LogP contribution in [0, 0.1) is 16.7 Å². The van der Waals surface area contributed by atoms with Crippen LogP contribution in [0.2, 0.25) is 0 Å². The fourth-order valence-electron chi connectivity index (χ4n) is 5.54. The summed E-state index contributed by atoms with van der Waals surface area (Å²) >= 11 is 0. The van der Waals surface area contributed by atoms with E-state index in [-0.39, 0.29) is 5.41 Å². The Labute approximate surface area is 180 Å². The first-order chi connectivity index (χ1) is 14.8. The molecule has 2 bridgehead atoms. The van der Waals surface area contributed by atoms with Crippen molar-refractivity contribution in [1.29, 1.82) is 5.26 Å². The van der Waals surface area contributed by atoms with Crippen molar-refractivity contribution in [1.82, 2.24) is 24.7 Å². The second kappa shape index (κ2) is 6.01. The number of nitriles is 1. The average Bonchev–Trinajstić information content (AvgIpc) is 3.38. The molecule has 0 aromatic carbocycles. The first-order valence-electron chi connectivity index (χ1n) is 10.9. The SMILES string of the molecule is CC(C)(O)C12CC(C1)N(c1cc(-n3ncc4cnc(C5(C#N)CCC5)cc43)ncn1)C2. The Bertz CT molecular complexity index is 1220. The van der Waals surface area contributed by atoms with E-state index in [2.05, 4.69) is 31.0 Å². The molecular weight excluding hydrogens is 390 g/mol. The van der Waals surface area contributed by atoms with Crippen molar-refractivity contribution in [2.24, 2.45) is 5.41 Å². The Morgan fingerprint density at radius 1 is 1.13 bits per heavy atom. The van der Waals surface area contributed by atoms with Gasteiger partial charge < -0.3 is 10.0 Å². The Balaban J connectivity index is 1.37. The van der Waals surface area contributed by atoms with Gasteiger partial charge in [0.1, 0.15) is 12.1 Å². The molecule has 8 heteroatoms. The normalized spacial score (nSPS) is 26.4. The molecule has 0 unspecified atom stereocenters. The van der Waals surface area contributed by atoms with Crippen LogP contribution in [0.1, 0.15) is 51.6 Å². The van der Waals surface area contributed by atoms with Crippen molar-refractivity contribution in [3.05, 3.63) is 36.5 Å². The molecule has 5 heterocycles. The summed E-state index contributed by atoms with van der Waals surface area (Å²) in [4.78, 5) is 15.9. The summed E-state index contributed by atoms with van der Waals surface area (Å²) in [5.41, 5.74) is 0.485. The minimum Gasteiger partial charge on any atom is -0.390 e. The third-order valence-corrected chi connectivity index (χ3v) is 7.98. The average molecular weight is 416 g/mol. The quantitative estimate of drug-likeness (QED) is 0.699. The number of aliphatic hydroxyl groups is 1. The minimum absolute atomic E-state index is 0.0594. The Morgan fingerprint density at radius 2 is 1.90 bits per heavy atom.